The van der Waals surface area contributed by atoms with Crippen LogP contribution in [0.2, 0.25) is 5.02 Å². The number of nitrogens with zero attached hydrogens (tertiary/aromatic N) is 2. The lowest BCUT2D eigenvalue weighted by Gasteiger charge is -2.08. The standard InChI is InChI=1S/C19H19ClN4O4S2/c1-12-3-8-16(11-13(12)2)28-10-9-21-30(26,27)19-24-23-18(29-19)22-17(25)14-4-6-15(20)7-5-14/h3-8,11,21H,9-10H2,1-2H3,(H,22,23,25). The highest BCUT2D eigenvalue weighted by molar-refractivity contribution is 7.91. The Morgan fingerprint density at radius 3 is 2.53 bits per heavy atom. The molecule has 0 unspecified atom stereocenters. The number of sulfonamides is 1. The number of halogens is 1. The van der Waals surface area contributed by atoms with E-state index in [2.05, 4.69) is 20.2 Å². The molecule has 0 atom stereocenters. The van der Waals surface area contributed by atoms with Gasteiger partial charge in [0.1, 0.15) is 12.4 Å². The van der Waals surface area contributed by atoms with Gasteiger partial charge in [-0.05, 0) is 61.4 Å². The molecule has 30 heavy (non-hydrogen) atoms. The van der Waals surface area contributed by atoms with Gasteiger partial charge in [0.25, 0.3) is 15.9 Å². The van der Waals surface area contributed by atoms with Gasteiger partial charge in [0, 0.05) is 17.1 Å². The van der Waals surface area contributed by atoms with E-state index in [1.807, 2.05) is 32.0 Å². The normalized spacial score (nSPS) is 11.3. The largest absolute Gasteiger partial charge is 0.492 e. The minimum atomic E-state index is -3.87. The molecule has 0 saturated carbocycles. The highest BCUT2D eigenvalue weighted by Gasteiger charge is 2.21. The average molecular weight is 467 g/mol. The van der Waals surface area contributed by atoms with E-state index in [1.165, 1.54) is 0 Å². The zero-order chi connectivity index (χ0) is 21.7. The second-order valence-electron chi connectivity index (χ2n) is 6.33. The van der Waals surface area contributed by atoms with Crippen LogP contribution in [0.1, 0.15) is 21.5 Å². The van der Waals surface area contributed by atoms with Crippen LogP contribution < -0.4 is 14.8 Å². The molecule has 2 aromatic carbocycles. The van der Waals surface area contributed by atoms with Crippen molar-refractivity contribution < 1.29 is 17.9 Å². The van der Waals surface area contributed by atoms with Crippen LogP contribution in [0.25, 0.3) is 0 Å². The minimum absolute atomic E-state index is 0.0568. The first-order valence-corrected chi connectivity index (χ1v) is 11.5. The zero-order valence-corrected chi connectivity index (χ0v) is 18.6. The van der Waals surface area contributed by atoms with Crippen molar-refractivity contribution in [2.45, 2.75) is 18.2 Å². The molecule has 3 aromatic rings. The Hall–Kier alpha value is -2.53. The smallest absolute Gasteiger partial charge is 0.269 e. The van der Waals surface area contributed by atoms with Crippen molar-refractivity contribution in [3.8, 4) is 5.75 Å². The van der Waals surface area contributed by atoms with Gasteiger partial charge in [0.2, 0.25) is 9.47 Å². The number of aryl methyl sites for hydroxylation is 2. The van der Waals surface area contributed by atoms with Gasteiger partial charge < -0.3 is 4.74 Å². The van der Waals surface area contributed by atoms with Crippen molar-refractivity contribution in [3.63, 3.8) is 0 Å². The minimum Gasteiger partial charge on any atom is -0.492 e. The quantitative estimate of drug-likeness (QED) is 0.388. The third-order valence-electron chi connectivity index (χ3n) is 4.10. The SMILES string of the molecule is Cc1ccc(OCCNS(=O)(=O)c2nnc(NC(=O)c3ccc(Cl)cc3)s2)cc1C. The summed E-state index contributed by atoms with van der Waals surface area (Å²) in [6, 6.07) is 11.9. The number of hydrogen-bond acceptors (Lipinski definition) is 7. The van der Waals surface area contributed by atoms with E-state index in [0.717, 1.165) is 22.5 Å². The fraction of sp³-hybridized carbons (Fsp3) is 0.211. The summed E-state index contributed by atoms with van der Waals surface area (Å²) in [4.78, 5) is 12.2. The molecule has 1 amide bonds. The van der Waals surface area contributed by atoms with Crippen LogP contribution >= 0.6 is 22.9 Å². The topological polar surface area (TPSA) is 110 Å². The second-order valence-corrected chi connectivity index (χ2v) is 9.68. The van der Waals surface area contributed by atoms with Gasteiger partial charge in [-0.15, -0.1) is 10.2 Å². The summed E-state index contributed by atoms with van der Waals surface area (Å²) in [7, 11) is -3.87. The van der Waals surface area contributed by atoms with Gasteiger partial charge in [-0.2, -0.15) is 0 Å². The van der Waals surface area contributed by atoms with Gasteiger partial charge in [-0.1, -0.05) is 29.0 Å². The molecule has 0 radical (unpaired) electrons. The Balaban J connectivity index is 1.53. The van der Waals surface area contributed by atoms with Crippen molar-refractivity contribution in [2.24, 2.45) is 0 Å². The molecular formula is C19H19ClN4O4S2. The van der Waals surface area contributed by atoms with Gasteiger partial charge in [0.15, 0.2) is 0 Å². The number of benzene rings is 2. The number of carbonyl (C=O) groups excluding carboxylic acids is 1. The molecule has 158 valence electrons. The number of rotatable bonds is 8. The summed E-state index contributed by atoms with van der Waals surface area (Å²) in [5, 5.41) is 10.5. The molecule has 0 fully saturated rings. The van der Waals surface area contributed by atoms with Crippen molar-refractivity contribution in [3.05, 3.63) is 64.2 Å². The molecule has 8 nitrogen and oxygen atoms in total. The van der Waals surface area contributed by atoms with Crippen molar-refractivity contribution in [1.82, 2.24) is 14.9 Å². The van der Waals surface area contributed by atoms with Crippen molar-refractivity contribution in [1.29, 1.82) is 0 Å². The highest BCUT2D eigenvalue weighted by Crippen LogP contribution is 2.21. The maximum absolute atomic E-state index is 12.4. The lowest BCUT2D eigenvalue weighted by atomic mass is 10.1. The maximum atomic E-state index is 12.4. The van der Waals surface area contributed by atoms with E-state index in [4.69, 9.17) is 16.3 Å². The van der Waals surface area contributed by atoms with Gasteiger partial charge in [-0.3, -0.25) is 10.1 Å². The van der Waals surface area contributed by atoms with E-state index in [1.54, 1.807) is 24.3 Å². The number of amides is 1. The molecule has 0 spiro atoms. The summed E-state index contributed by atoms with van der Waals surface area (Å²) in [5.74, 6) is 0.224. The molecule has 0 aliphatic heterocycles. The van der Waals surface area contributed by atoms with E-state index in [9.17, 15) is 13.2 Å². The van der Waals surface area contributed by atoms with Gasteiger partial charge >= 0.3 is 0 Å². The fourth-order valence-corrected chi connectivity index (χ4v) is 4.42. The number of aromatic nitrogens is 2. The van der Waals surface area contributed by atoms with E-state index in [-0.39, 0.29) is 22.6 Å². The molecule has 0 bridgehead atoms. The van der Waals surface area contributed by atoms with Crippen LogP contribution in [0.15, 0.2) is 46.8 Å². The van der Waals surface area contributed by atoms with Gasteiger partial charge in [0.05, 0.1) is 0 Å². The molecule has 0 aliphatic rings. The Bertz CT molecular complexity index is 1150. The van der Waals surface area contributed by atoms with Crippen LogP contribution in [0.4, 0.5) is 5.13 Å². The number of carbonyl (C=O) groups is 1. The molecule has 0 saturated heterocycles. The number of nitrogens with one attached hydrogen (secondary N) is 2. The van der Waals surface area contributed by atoms with Crippen LogP contribution in [-0.4, -0.2) is 37.7 Å². The lowest BCUT2D eigenvalue weighted by molar-refractivity contribution is 0.102. The Labute approximate surface area is 183 Å². The number of anilines is 1. The Morgan fingerprint density at radius 1 is 1.10 bits per heavy atom. The number of hydrogen-bond donors (Lipinski definition) is 2. The van der Waals surface area contributed by atoms with E-state index >= 15 is 0 Å². The zero-order valence-electron chi connectivity index (χ0n) is 16.2. The first-order valence-electron chi connectivity index (χ1n) is 8.85. The van der Waals surface area contributed by atoms with Crippen LogP contribution in [0.3, 0.4) is 0 Å². The molecular weight excluding hydrogens is 448 g/mol. The molecule has 2 N–H and O–H groups in total. The van der Waals surface area contributed by atoms with Crippen molar-refractivity contribution in [2.75, 3.05) is 18.5 Å². The van der Waals surface area contributed by atoms with Crippen molar-refractivity contribution >= 4 is 44.0 Å². The second kappa shape index (κ2) is 9.52. The Morgan fingerprint density at radius 2 is 1.83 bits per heavy atom. The molecule has 11 heteroatoms. The molecule has 3 rings (SSSR count). The molecule has 0 aliphatic carbocycles. The van der Waals surface area contributed by atoms with Crippen LogP contribution in [0, 0.1) is 13.8 Å². The summed E-state index contributed by atoms with van der Waals surface area (Å²) in [6.07, 6.45) is 0. The van der Waals surface area contributed by atoms with E-state index < -0.39 is 15.9 Å². The predicted molar refractivity (Wildman–Crippen MR) is 116 cm³/mol. The predicted octanol–water partition coefficient (Wildman–Crippen LogP) is 3.42. The summed E-state index contributed by atoms with van der Waals surface area (Å²) in [6.45, 7) is 4.19. The third kappa shape index (κ3) is 5.76. The monoisotopic (exact) mass is 466 g/mol. The first-order chi connectivity index (χ1) is 14.2. The summed E-state index contributed by atoms with van der Waals surface area (Å²) in [5.41, 5.74) is 2.61. The Kier molecular flexibility index (Phi) is 7.03. The van der Waals surface area contributed by atoms with Crippen LogP contribution in [-0.2, 0) is 10.0 Å². The summed E-state index contributed by atoms with van der Waals surface area (Å²) >= 11 is 6.55. The highest BCUT2D eigenvalue weighted by atomic mass is 35.5. The lowest BCUT2D eigenvalue weighted by Crippen LogP contribution is -2.28. The van der Waals surface area contributed by atoms with E-state index in [0.29, 0.717) is 16.3 Å². The number of ether oxygens (including phenoxy) is 1. The average Bonchev–Trinajstić information content (AvgIpc) is 3.18. The fourth-order valence-electron chi connectivity index (χ4n) is 2.35. The van der Waals surface area contributed by atoms with Crippen LogP contribution in [0.5, 0.6) is 5.75 Å². The molecule has 1 heterocycles. The summed E-state index contributed by atoms with van der Waals surface area (Å²) < 4.78 is 32.4. The first kappa shape index (κ1) is 22.2. The maximum Gasteiger partial charge on any atom is 0.269 e. The third-order valence-corrected chi connectivity index (χ3v) is 7.02. The molecule has 1 aromatic heterocycles. The van der Waals surface area contributed by atoms with Gasteiger partial charge in [-0.25, -0.2) is 13.1 Å².